The molecule has 3 aromatic heterocycles. The van der Waals surface area contributed by atoms with Gasteiger partial charge in [0, 0.05) is 30.4 Å². The lowest BCUT2D eigenvalue weighted by Gasteiger charge is -2.17. The molecule has 0 bridgehead atoms. The van der Waals surface area contributed by atoms with Crippen LogP contribution in [0.3, 0.4) is 0 Å². The number of hydrogen-bond donors (Lipinski definition) is 2. The molecule has 0 aliphatic carbocycles. The van der Waals surface area contributed by atoms with Crippen molar-refractivity contribution >= 4 is 39.5 Å². The minimum absolute atomic E-state index is 0.558. The fourth-order valence-corrected chi connectivity index (χ4v) is 4.25. The minimum atomic E-state index is 0.558. The van der Waals surface area contributed by atoms with Gasteiger partial charge in [0.05, 0.1) is 11.8 Å². The predicted octanol–water partition coefficient (Wildman–Crippen LogP) is 4.91. The summed E-state index contributed by atoms with van der Waals surface area (Å²) < 4.78 is 0. The molecule has 0 unspecified atom stereocenters. The molecule has 7 nitrogen and oxygen atoms in total. The number of benzene rings is 2. The Morgan fingerprint density at radius 3 is 2.65 bits per heavy atom. The monoisotopic (exact) mass is 407 g/mol. The normalized spacial score (nSPS) is 13.9. The van der Waals surface area contributed by atoms with Crippen LogP contribution in [0.15, 0.2) is 67.1 Å². The van der Waals surface area contributed by atoms with Crippen LogP contribution in [0.5, 0.6) is 0 Å². The second kappa shape index (κ2) is 7.36. The molecule has 31 heavy (non-hydrogen) atoms. The van der Waals surface area contributed by atoms with Gasteiger partial charge in [-0.1, -0.05) is 30.3 Å². The van der Waals surface area contributed by atoms with Crippen LogP contribution < -0.4 is 10.2 Å². The zero-order valence-corrected chi connectivity index (χ0v) is 16.9. The quantitative estimate of drug-likeness (QED) is 0.440. The Balaban J connectivity index is 1.42. The zero-order valence-electron chi connectivity index (χ0n) is 16.9. The van der Waals surface area contributed by atoms with Gasteiger partial charge >= 0.3 is 0 Å². The minimum Gasteiger partial charge on any atom is -0.355 e. The molecule has 0 radical (unpaired) electrons. The Morgan fingerprint density at radius 1 is 0.903 bits per heavy atom. The van der Waals surface area contributed by atoms with Crippen molar-refractivity contribution in [2.75, 3.05) is 23.3 Å². The van der Waals surface area contributed by atoms with Crippen molar-refractivity contribution in [2.45, 2.75) is 12.8 Å². The highest BCUT2D eigenvalue weighted by atomic mass is 15.3. The van der Waals surface area contributed by atoms with Gasteiger partial charge in [0.25, 0.3) is 0 Å². The number of hydrogen-bond acceptors (Lipinski definition) is 6. The summed E-state index contributed by atoms with van der Waals surface area (Å²) in [4.78, 5) is 23.8. The summed E-state index contributed by atoms with van der Waals surface area (Å²) in [6.07, 6.45) is 5.89. The van der Waals surface area contributed by atoms with Gasteiger partial charge < -0.3 is 15.2 Å². The number of aromatic nitrogens is 5. The third-order valence-corrected chi connectivity index (χ3v) is 5.75. The van der Waals surface area contributed by atoms with E-state index in [1.54, 1.807) is 6.33 Å². The van der Waals surface area contributed by atoms with Crippen LogP contribution in [0.4, 0.5) is 17.5 Å². The first-order valence-corrected chi connectivity index (χ1v) is 10.5. The highest BCUT2D eigenvalue weighted by molar-refractivity contribution is 5.96. The summed E-state index contributed by atoms with van der Waals surface area (Å²) in [5.41, 5.74) is 5.75. The number of anilines is 3. The molecule has 0 amide bonds. The van der Waals surface area contributed by atoms with Gasteiger partial charge in [0.1, 0.15) is 0 Å². The Morgan fingerprint density at radius 2 is 1.77 bits per heavy atom. The predicted molar refractivity (Wildman–Crippen MR) is 124 cm³/mol. The molecule has 0 saturated carbocycles. The fourth-order valence-electron chi connectivity index (χ4n) is 4.25. The van der Waals surface area contributed by atoms with E-state index in [1.807, 2.05) is 24.4 Å². The van der Waals surface area contributed by atoms with Crippen LogP contribution in [-0.4, -0.2) is 38.0 Å². The molecule has 1 fully saturated rings. The molecule has 7 heteroatoms. The van der Waals surface area contributed by atoms with Crippen LogP contribution in [0.1, 0.15) is 12.8 Å². The van der Waals surface area contributed by atoms with E-state index in [4.69, 9.17) is 4.98 Å². The van der Waals surface area contributed by atoms with E-state index in [1.165, 1.54) is 18.4 Å². The number of fused-ring (bicyclic) bond motifs is 2. The Labute approximate surface area is 179 Å². The van der Waals surface area contributed by atoms with Crippen LogP contribution in [0, 0.1) is 0 Å². The summed E-state index contributed by atoms with van der Waals surface area (Å²) in [7, 11) is 0. The highest BCUT2D eigenvalue weighted by Gasteiger charge is 2.20. The van der Waals surface area contributed by atoms with E-state index in [2.05, 4.69) is 66.6 Å². The number of aromatic amines is 1. The van der Waals surface area contributed by atoms with E-state index in [0.717, 1.165) is 52.2 Å². The molecule has 6 rings (SSSR count). The molecule has 4 heterocycles. The average molecular weight is 407 g/mol. The Bertz CT molecular complexity index is 1370. The molecular formula is C24H21N7. The van der Waals surface area contributed by atoms with Crippen LogP contribution >= 0.6 is 0 Å². The molecule has 5 aromatic rings. The molecule has 0 spiro atoms. The molecular weight excluding hydrogens is 386 g/mol. The maximum atomic E-state index is 4.82. The summed E-state index contributed by atoms with van der Waals surface area (Å²) >= 11 is 0. The second-order valence-corrected chi connectivity index (χ2v) is 7.75. The van der Waals surface area contributed by atoms with Crippen LogP contribution in [-0.2, 0) is 0 Å². The van der Waals surface area contributed by atoms with E-state index >= 15 is 0 Å². The molecule has 0 atom stereocenters. The van der Waals surface area contributed by atoms with Gasteiger partial charge in [-0.2, -0.15) is 9.97 Å². The lowest BCUT2D eigenvalue weighted by molar-refractivity contribution is 0.938. The fraction of sp³-hybridized carbons (Fsp3) is 0.167. The number of imidazole rings is 1. The van der Waals surface area contributed by atoms with E-state index < -0.39 is 0 Å². The molecule has 1 saturated heterocycles. The summed E-state index contributed by atoms with van der Waals surface area (Å²) in [6, 6.07) is 18.6. The average Bonchev–Trinajstić information content (AvgIpc) is 3.51. The van der Waals surface area contributed by atoms with Crippen molar-refractivity contribution in [3.8, 4) is 11.1 Å². The number of rotatable bonds is 4. The third kappa shape index (κ3) is 3.24. The maximum absolute atomic E-state index is 4.82. The number of nitrogens with one attached hydrogen (secondary N) is 2. The first-order chi connectivity index (χ1) is 15.3. The van der Waals surface area contributed by atoms with Crippen molar-refractivity contribution in [3.05, 3.63) is 67.1 Å². The molecule has 2 aromatic carbocycles. The number of nitrogens with zero attached hydrogens (tertiary/aromatic N) is 5. The lowest BCUT2D eigenvalue weighted by atomic mass is 10.0. The van der Waals surface area contributed by atoms with Crippen molar-refractivity contribution < 1.29 is 0 Å². The van der Waals surface area contributed by atoms with E-state index in [-0.39, 0.29) is 0 Å². The van der Waals surface area contributed by atoms with Gasteiger partial charge in [-0.05, 0) is 48.2 Å². The zero-order chi connectivity index (χ0) is 20.6. The SMILES string of the molecule is c1ccc(-c2ccnc3ccc(Nc4nc(N5CCCC5)c5nc[nH]c5n4)cc23)cc1. The second-order valence-electron chi connectivity index (χ2n) is 7.75. The molecule has 1 aliphatic heterocycles. The van der Waals surface area contributed by atoms with Gasteiger partial charge in [-0.15, -0.1) is 0 Å². The molecule has 152 valence electrons. The van der Waals surface area contributed by atoms with Gasteiger partial charge in [0.2, 0.25) is 5.95 Å². The van der Waals surface area contributed by atoms with Gasteiger partial charge in [-0.3, -0.25) is 4.98 Å². The van der Waals surface area contributed by atoms with Crippen molar-refractivity contribution in [1.29, 1.82) is 0 Å². The molecule has 1 aliphatic rings. The number of H-pyrrole nitrogens is 1. The standard InChI is InChI=1S/C24H21N7/c1-2-6-16(7-3-1)18-10-11-25-20-9-8-17(14-19(18)20)28-24-29-22-21(26-15-27-22)23(30-24)31-12-4-5-13-31/h1-3,6-11,14-15H,4-5,12-13H2,(H2,26,27,28,29,30). The summed E-state index contributed by atoms with van der Waals surface area (Å²) in [6.45, 7) is 2.00. The van der Waals surface area contributed by atoms with E-state index in [0.29, 0.717) is 5.95 Å². The molecule has 2 N–H and O–H groups in total. The topological polar surface area (TPSA) is 82.6 Å². The van der Waals surface area contributed by atoms with Crippen LogP contribution in [0.25, 0.3) is 33.2 Å². The van der Waals surface area contributed by atoms with Gasteiger partial charge in [-0.25, -0.2) is 4.98 Å². The lowest BCUT2D eigenvalue weighted by Crippen LogP contribution is -2.20. The van der Waals surface area contributed by atoms with Crippen molar-refractivity contribution in [1.82, 2.24) is 24.9 Å². The van der Waals surface area contributed by atoms with Crippen molar-refractivity contribution in [2.24, 2.45) is 0 Å². The highest BCUT2D eigenvalue weighted by Crippen LogP contribution is 2.31. The maximum Gasteiger partial charge on any atom is 0.231 e. The van der Waals surface area contributed by atoms with Crippen LogP contribution in [0.2, 0.25) is 0 Å². The summed E-state index contributed by atoms with van der Waals surface area (Å²) in [5, 5.41) is 4.48. The van der Waals surface area contributed by atoms with Crippen molar-refractivity contribution in [3.63, 3.8) is 0 Å². The van der Waals surface area contributed by atoms with E-state index in [9.17, 15) is 0 Å². The first kappa shape index (κ1) is 17.8. The first-order valence-electron chi connectivity index (χ1n) is 10.5. The smallest absolute Gasteiger partial charge is 0.231 e. The number of pyridine rings is 1. The third-order valence-electron chi connectivity index (χ3n) is 5.75. The Kier molecular flexibility index (Phi) is 4.23. The van der Waals surface area contributed by atoms with Gasteiger partial charge in [0.15, 0.2) is 17.0 Å². The largest absolute Gasteiger partial charge is 0.355 e. The summed E-state index contributed by atoms with van der Waals surface area (Å²) in [5.74, 6) is 1.45. The Hall–Kier alpha value is -4.00.